The lowest BCUT2D eigenvalue weighted by Gasteiger charge is -2.25. The SMILES string of the molecule is CCC(C)(O)CNC(c1ccccc1)c1ccco1. The van der Waals surface area contributed by atoms with E-state index in [-0.39, 0.29) is 6.04 Å². The molecular weight excluding hydrogens is 238 g/mol. The lowest BCUT2D eigenvalue weighted by Crippen LogP contribution is -2.39. The van der Waals surface area contributed by atoms with E-state index < -0.39 is 5.60 Å². The molecule has 2 atom stereocenters. The number of hydrogen-bond acceptors (Lipinski definition) is 3. The topological polar surface area (TPSA) is 45.4 Å². The van der Waals surface area contributed by atoms with Gasteiger partial charge >= 0.3 is 0 Å². The molecule has 0 saturated heterocycles. The van der Waals surface area contributed by atoms with Crippen molar-refractivity contribution in [2.45, 2.75) is 31.9 Å². The highest BCUT2D eigenvalue weighted by Crippen LogP contribution is 2.23. The zero-order chi connectivity index (χ0) is 13.7. The number of rotatable bonds is 6. The fourth-order valence-corrected chi connectivity index (χ4v) is 1.93. The predicted molar refractivity (Wildman–Crippen MR) is 75.9 cm³/mol. The van der Waals surface area contributed by atoms with Crippen LogP contribution in [0, 0.1) is 0 Å². The number of furan rings is 1. The number of nitrogens with one attached hydrogen (secondary N) is 1. The minimum absolute atomic E-state index is 0.0331. The summed E-state index contributed by atoms with van der Waals surface area (Å²) < 4.78 is 5.50. The van der Waals surface area contributed by atoms with Crippen molar-refractivity contribution in [2.75, 3.05) is 6.54 Å². The summed E-state index contributed by atoms with van der Waals surface area (Å²) in [5.74, 6) is 0.859. The molecule has 19 heavy (non-hydrogen) atoms. The summed E-state index contributed by atoms with van der Waals surface area (Å²) in [5.41, 5.74) is 0.420. The Bertz CT molecular complexity index is 477. The van der Waals surface area contributed by atoms with Crippen LogP contribution in [0.2, 0.25) is 0 Å². The molecule has 0 saturated carbocycles. The van der Waals surface area contributed by atoms with Crippen LogP contribution in [0.3, 0.4) is 0 Å². The van der Waals surface area contributed by atoms with Crippen molar-refractivity contribution in [3.8, 4) is 0 Å². The van der Waals surface area contributed by atoms with Crippen LogP contribution in [0.15, 0.2) is 53.1 Å². The quantitative estimate of drug-likeness (QED) is 0.837. The van der Waals surface area contributed by atoms with Crippen molar-refractivity contribution in [2.24, 2.45) is 0 Å². The molecule has 0 spiro atoms. The van der Waals surface area contributed by atoms with Gasteiger partial charge in [-0.15, -0.1) is 0 Å². The number of aliphatic hydroxyl groups is 1. The van der Waals surface area contributed by atoms with Gasteiger partial charge in [0.25, 0.3) is 0 Å². The third-order valence-corrected chi connectivity index (χ3v) is 3.41. The molecule has 3 heteroatoms. The lowest BCUT2D eigenvalue weighted by molar-refractivity contribution is 0.0534. The normalized spacial score (nSPS) is 15.9. The van der Waals surface area contributed by atoms with Gasteiger partial charge < -0.3 is 14.8 Å². The maximum Gasteiger partial charge on any atom is 0.125 e. The first kappa shape index (κ1) is 13.8. The van der Waals surface area contributed by atoms with Crippen LogP contribution >= 0.6 is 0 Å². The van der Waals surface area contributed by atoms with Crippen molar-refractivity contribution in [1.29, 1.82) is 0 Å². The Labute approximate surface area is 114 Å². The van der Waals surface area contributed by atoms with Crippen LogP contribution in [0.1, 0.15) is 37.6 Å². The molecule has 0 radical (unpaired) electrons. The van der Waals surface area contributed by atoms with Crippen molar-refractivity contribution in [1.82, 2.24) is 5.32 Å². The molecule has 0 bridgehead atoms. The molecule has 2 aromatic rings. The Balaban J connectivity index is 2.17. The van der Waals surface area contributed by atoms with Crippen molar-refractivity contribution >= 4 is 0 Å². The summed E-state index contributed by atoms with van der Waals surface area (Å²) >= 11 is 0. The molecule has 0 fully saturated rings. The monoisotopic (exact) mass is 259 g/mol. The van der Waals surface area contributed by atoms with Gasteiger partial charge in [-0.05, 0) is 31.0 Å². The van der Waals surface area contributed by atoms with Gasteiger partial charge in [-0.3, -0.25) is 0 Å². The molecular formula is C16H21NO2. The maximum absolute atomic E-state index is 10.1. The first-order chi connectivity index (χ1) is 9.12. The van der Waals surface area contributed by atoms with Crippen LogP contribution in [-0.4, -0.2) is 17.3 Å². The van der Waals surface area contributed by atoms with Gasteiger partial charge in [-0.1, -0.05) is 37.3 Å². The zero-order valence-corrected chi connectivity index (χ0v) is 11.5. The molecule has 1 heterocycles. The second kappa shape index (κ2) is 6.04. The first-order valence-corrected chi connectivity index (χ1v) is 6.66. The first-order valence-electron chi connectivity index (χ1n) is 6.66. The molecule has 1 aromatic heterocycles. The van der Waals surface area contributed by atoms with Gasteiger partial charge in [0.15, 0.2) is 0 Å². The van der Waals surface area contributed by atoms with Gasteiger partial charge in [0, 0.05) is 6.54 Å². The second-order valence-corrected chi connectivity index (χ2v) is 5.09. The van der Waals surface area contributed by atoms with Crippen molar-refractivity contribution in [3.63, 3.8) is 0 Å². The minimum atomic E-state index is -0.709. The van der Waals surface area contributed by atoms with E-state index in [9.17, 15) is 5.11 Å². The molecule has 2 rings (SSSR count). The standard InChI is InChI=1S/C16H21NO2/c1-3-16(2,18)12-17-15(14-10-7-11-19-14)13-8-5-4-6-9-13/h4-11,15,17-18H,3,12H2,1-2H3. The molecule has 102 valence electrons. The van der Waals surface area contributed by atoms with Crippen LogP contribution in [0.4, 0.5) is 0 Å². The Morgan fingerprint density at radius 3 is 2.53 bits per heavy atom. The lowest BCUT2D eigenvalue weighted by atomic mass is 10.0. The Morgan fingerprint density at radius 2 is 1.95 bits per heavy atom. The van der Waals surface area contributed by atoms with E-state index in [0.29, 0.717) is 13.0 Å². The van der Waals surface area contributed by atoms with E-state index in [1.165, 1.54) is 0 Å². The van der Waals surface area contributed by atoms with Crippen molar-refractivity contribution in [3.05, 3.63) is 60.1 Å². The Kier molecular flexibility index (Phi) is 4.40. The smallest absolute Gasteiger partial charge is 0.125 e. The van der Waals surface area contributed by atoms with Gasteiger partial charge in [0.2, 0.25) is 0 Å². The van der Waals surface area contributed by atoms with E-state index in [1.807, 2.05) is 44.2 Å². The average molecular weight is 259 g/mol. The molecule has 3 nitrogen and oxygen atoms in total. The van der Waals surface area contributed by atoms with E-state index in [2.05, 4.69) is 17.4 Å². The van der Waals surface area contributed by atoms with E-state index in [4.69, 9.17) is 4.42 Å². The second-order valence-electron chi connectivity index (χ2n) is 5.09. The summed E-state index contributed by atoms with van der Waals surface area (Å²) in [6, 6.07) is 13.9. The highest BCUT2D eigenvalue weighted by molar-refractivity contribution is 5.26. The van der Waals surface area contributed by atoms with Gasteiger partial charge in [0.1, 0.15) is 5.76 Å². The molecule has 0 aliphatic carbocycles. The van der Waals surface area contributed by atoms with E-state index >= 15 is 0 Å². The summed E-state index contributed by atoms with van der Waals surface area (Å²) in [6.07, 6.45) is 2.38. The van der Waals surface area contributed by atoms with Gasteiger partial charge in [-0.2, -0.15) is 0 Å². The Hall–Kier alpha value is -1.58. The molecule has 0 aliphatic rings. The van der Waals surface area contributed by atoms with Crippen LogP contribution in [0.5, 0.6) is 0 Å². The third kappa shape index (κ3) is 3.69. The summed E-state index contributed by atoms with van der Waals surface area (Å²) in [4.78, 5) is 0. The highest BCUT2D eigenvalue weighted by Gasteiger charge is 2.22. The minimum Gasteiger partial charge on any atom is -0.467 e. The molecule has 1 aromatic carbocycles. The molecule has 0 aliphatic heterocycles. The van der Waals surface area contributed by atoms with Crippen LogP contribution in [-0.2, 0) is 0 Å². The fourth-order valence-electron chi connectivity index (χ4n) is 1.93. The summed E-state index contributed by atoms with van der Waals surface area (Å²) in [5, 5.41) is 13.5. The number of benzene rings is 1. The van der Waals surface area contributed by atoms with E-state index in [0.717, 1.165) is 11.3 Å². The van der Waals surface area contributed by atoms with Gasteiger partial charge in [-0.25, -0.2) is 0 Å². The summed E-state index contributed by atoms with van der Waals surface area (Å²) in [6.45, 7) is 4.33. The fraction of sp³-hybridized carbons (Fsp3) is 0.375. The highest BCUT2D eigenvalue weighted by atomic mass is 16.3. The van der Waals surface area contributed by atoms with Crippen LogP contribution in [0.25, 0.3) is 0 Å². The van der Waals surface area contributed by atoms with E-state index in [1.54, 1.807) is 6.26 Å². The molecule has 2 unspecified atom stereocenters. The molecule has 2 N–H and O–H groups in total. The summed E-state index contributed by atoms with van der Waals surface area (Å²) in [7, 11) is 0. The largest absolute Gasteiger partial charge is 0.467 e. The van der Waals surface area contributed by atoms with Gasteiger partial charge in [0.05, 0.1) is 17.9 Å². The third-order valence-electron chi connectivity index (χ3n) is 3.41. The average Bonchev–Trinajstić information content (AvgIpc) is 2.94. The predicted octanol–water partition coefficient (Wildman–Crippen LogP) is 3.12. The maximum atomic E-state index is 10.1. The van der Waals surface area contributed by atoms with Crippen molar-refractivity contribution < 1.29 is 9.52 Å². The van der Waals surface area contributed by atoms with Crippen LogP contribution < -0.4 is 5.32 Å². The number of hydrogen-bond donors (Lipinski definition) is 2. The molecule has 0 amide bonds. The Morgan fingerprint density at radius 1 is 1.21 bits per heavy atom. The zero-order valence-electron chi connectivity index (χ0n) is 11.5.